The maximum Gasteiger partial charge on any atom is 0.110 e. The molecule has 12 heavy (non-hydrogen) atoms. The predicted octanol–water partition coefficient (Wildman–Crippen LogP) is 3.31. The molecule has 0 saturated heterocycles. The van der Waals surface area contributed by atoms with E-state index < -0.39 is 0 Å². The molecule has 0 aliphatic heterocycles. The highest BCUT2D eigenvalue weighted by Gasteiger charge is 2.19. The minimum absolute atomic E-state index is 0.222. The molecule has 1 rings (SSSR count). The van der Waals surface area contributed by atoms with E-state index in [1.165, 1.54) is 4.88 Å². The van der Waals surface area contributed by atoms with Crippen molar-refractivity contribution >= 4 is 11.3 Å². The minimum Gasteiger partial charge on any atom is -0.192 e. The molecule has 0 bridgehead atoms. The van der Waals surface area contributed by atoms with E-state index in [0.29, 0.717) is 0 Å². The van der Waals surface area contributed by atoms with Crippen LogP contribution in [0.5, 0.6) is 0 Å². The van der Waals surface area contributed by atoms with Crippen LogP contribution in [-0.2, 0) is 5.41 Å². The van der Waals surface area contributed by atoms with E-state index >= 15 is 0 Å². The molecule has 1 aromatic rings. The number of nitriles is 1. The second-order valence-corrected chi connectivity index (χ2v) is 4.60. The van der Waals surface area contributed by atoms with Crippen molar-refractivity contribution in [2.45, 2.75) is 32.6 Å². The topological polar surface area (TPSA) is 23.8 Å². The van der Waals surface area contributed by atoms with Gasteiger partial charge in [-0.15, -0.1) is 11.3 Å². The van der Waals surface area contributed by atoms with E-state index in [1.807, 2.05) is 6.07 Å². The van der Waals surface area contributed by atoms with Crippen LogP contribution in [0.1, 0.15) is 36.9 Å². The fourth-order valence-corrected chi connectivity index (χ4v) is 1.91. The van der Waals surface area contributed by atoms with Crippen LogP contribution in [0, 0.1) is 11.3 Å². The Balaban J connectivity index is 2.98. The minimum atomic E-state index is 0.222. The Hall–Kier alpha value is -0.810. The lowest BCUT2D eigenvalue weighted by Crippen LogP contribution is -2.12. The number of hydrogen-bond donors (Lipinski definition) is 0. The van der Waals surface area contributed by atoms with Gasteiger partial charge in [-0.25, -0.2) is 0 Å². The molecule has 0 aliphatic rings. The first-order chi connectivity index (χ1) is 5.60. The summed E-state index contributed by atoms with van der Waals surface area (Å²) in [6, 6.07) is 6.12. The second-order valence-electron chi connectivity index (χ2n) is 3.51. The highest BCUT2D eigenvalue weighted by Crippen LogP contribution is 2.32. The Morgan fingerprint density at radius 2 is 2.17 bits per heavy atom. The molecule has 0 aromatic carbocycles. The fourth-order valence-electron chi connectivity index (χ4n) is 0.936. The summed E-state index contributed by atoms with van der Waals surface area (Å²) in [5.41, 5.74) is 0.222. The number of nitrogens with zero attached hydrogens (tertiary/aromatic N) is 1. The molecule has 64 valence electrons. The average molecular weight is 179 g/mol. The molecule has 1 aromatic heterocycles. The third-order valence-corrected chi connectivity index (χ3v) is 3.62. The van der Waals surface area contributed by atoms with Crippen molar-refractivity contribution in [2.24, 2.45) is 0 Å². The van der Waals surface area contributed by atoms with E-state index in [4.69, 9.17) is 5.26 Å². The van der Waals surface area contributed by atoms with Gasteiger partial charge in [0.1, 0.15) is 10.9 Å². The Bertz CT molecular complexity index is 304. The third kappa shape index (κ3) is 1.67. The molecule has 1 nitrogen and oxygen atoms in total. The summed E-state index contributed by atoms with van der Waals surface area (Å²) >= 11 is 1.60. The van der Waals surface area contributed by atoms with Crippen LogP contribution in [-0.4, -0.2) is 0 Å². The molecule has 0 unspecified atom stereocenters. The summed E-state index contributed by atoms with van der Waals surface area (Å²) in [6.45, 7) is 6.59. The van der Waals surface area contributed by atoms with Gasteiger partial charge >= 0.3 is 0 Å². The van der Waals surface area contributed by atoms with Crippen molar-refractivity contribution in [3.8, 4) is 6.07 Å². The molecule has 0 aliphatic carbocycles. The first-order valence-electron chi connectivity index (χ1n) is 4.10. The zero-order chi connectivity index (χ0) is 9.19. The Kier molecular flexibility index (Phi) is 2.54. The summed E-state index contributed by atoms with van der Waals surface area (Å²) in [4.78, 5) is 2.12. The van der Waals surface area contributed by atoms with Gasteiger partial charge in [-0.1, -0.05) is 20.8 Å². The van der Waals surface area contributed by atoms with Gasteiger partial charge in [0.05, 0.1) is 0 Å². The standard InChI is InChI=1S/C10H13NS/c1-4-10(2,3)9-6-5-8(7-11)12-9/h5-6H,4H2,1-3H3. The first-order valence-corrected chi connectivity index (χ1v) is 4.92. The second kappa shape index (κ2) is 3.28. The summed E-state index contributed by atoms with van der Waals surface area (Å²) in [5.74, 6) is 0. The van der Waals surface area contributed by atoms with Crippen LogP contribution in [0.3, 0.4) is 0 Å². The molecule has 0 amide bonds. The van der Waals surface area contributed by atoms with Gasteiger partial charge < -0.3 is 0 Å². The van der Waals surface area contributed by atoms with Crippen molar-refractivity contribution in [3.05, 3.63) is 21.9 Å². The molecule has 0 radical (unpaired) electrons. The Labute approximate surface area is 77.7 Å². The van der Waals surface area contributed by atoms with Crippen molar-refractivity contribution in [2.75, 3.05) is 0 Å². The molecule has 0 atom stereocenters. The van der Waals surface area contributed by atoms with Crippen LogP contribution in [0.15, 0.2) is 12.1 Å². The number of rotatable bonds is 2. The van der Waals surface area contributed by atoms with E-state index in [9.17, 15) is 0 Å². The van der Waals surface area contributed by atoms with Gasteiger partial charge in [0, 0.05) is 4.88 Å². The molecule has 0 N–H and O–H groups in total. The maximum atomic E-state index is 8.65. The van der Waals surface area contributed by atoms with Crippen LogP contribution < -0.4 is 0 Å². The molecule has 0 saturated carbocycles. The fraction of sp³-hybridized carbons (Fsp3) is 0.500. The van der Waals surface area contributed by atoms with Gasteiger partial charge in [0.2, 0.25) is 0 Å². The van der Waals surface area contributed by atoms with Gasteiger partial charge in [-0.05, 0) is 24.0 Å². The zero-order valence-corrected chi connectivity index (χ0v) is 8.53. The molecule has 0 spiro atoms. The summed E-state index contributed by atoms with van der Waals surface area (Å²) in [7, 11) is 0. The maximum absolute atomic E-state index is 8.65. The van der Waals surface area contributed by atoms with Crippen molar-refractivity contribution in [1.82, 2.24) is 0 Å². The van der Waals surface area contributed by atoms with Crippen LogP contribution >= 0.6 is 11.3 Å². The lowest BCUT2D eigenvalue weighted by Gasteiger charge is -2.20. The SMILES string of the molecule is CCC(C)(C)c1ccc(C#N)s1. The van der Waals surface area contributed by atoms with E-state index in [-0.39, 0.29) is 5.41 Å². The first kappa shape index (κ1) is 9.28. The highest BCUT2D eigenvalue weighted by molar-refractivity contribution is 7.12. The molecular formula is C10H13NS. The summed E-state index contributed by atoms with van der Waals surface area (Å²) in [6.07, 6.45) is 1.11. The molecule has 0 fully saturated rings. The van der Waals surface area contributed by atoms with E-state index in [2.05, 4.69) is 32.9 Å². The summed E-state index contributed by atoms with van der Waals surface area (Å²) in [5, 5.41) is 8.65. The van der Waals surface area contributed by atoms with Gasteiger partial charge in [-0.3, -0.25) is 0 Å². The molecule has 2 heteroatoms. The van der Waals surface area contributed by atoms with Gasteiger partial charge in [0.25, 0.3) is 0 Å². The summed E-state index contributed by atoms with van der Waals surface area (Å²) < 4.78 is 0. The van der Waals surface area contributed by atoms with E-state index in [0.717, 1.165) is 11.3 Å². The predicted molar refractivity (Wildman–Crippen MR) is 52.4 cm³/mol. The quantitative estimate of drug-likeness (QED) is 0.683. The van der Waals surface area contributed by atoms with Crippen molar-refractivity contribution in [1.29, 1.82) is 5.26 Å². The zero-order valence-electron chi connectivity index (χ0n) is 7.72. The van der Waals surface area contributed by atoms with Crippen LogP contribution in [0.2, 0.25) is 0 Å². The third-order valence-electron chi connectivity index (χ3n) is 2.27. The normalized spacial score (nSPS) is 11.2. The van der Waals surface area contributed by atoms with Gasteiger partial charge in [-0.2, -0.15) is 5.26 Å². The lowest BCUT2D eigenvalue weighted by molar-refractivity contribution is 0.517. The molecule has 1 heterocycles. The monoisotopic (exact) mass is 179 g/mol. The smallest absolute Gasteiger partial charge is 0.110 e. The van der Waals surface area contributed by atoms with Gasteiger partial charge in [0.15, 0.2) is 0 Å². The molecular weight excluding hydrogens is 166 g/mol. The largest absolute Gasteiger partial charge is 0.192 e. The number of thiophene rings is 1. The van der Waals surface area contributed by atoms with Crippen molar-refractivity contribution < 1.29 is 0 Å². The van der Waals surface area contributed by atoms with Crippen LogP contribution in [0.25, 0.3) is 0 Å². The van der Waals surface area contributed by atoms with E-state index in [1.54, 1.807) is 11.3 Å². The lowest BCUT2D eigenvalue weighted by atomic mass is 9.89. The Morgan fingerprint density at radius 3 is 2.58 bits per heavy atom. The average Bonchev–Trinajstić information content (AvgIpc) is 2.52. The van der Waals surface area contributed by atoms with Crippen LogP contribution in [0.4, 0.5) is 0 Å². The highest BCUT2D eigenvalue weighted by atomic mass is 32.1. The Morgan fingerprint density at radius 1 is 1.50 bits per heavy atom. The number of hydrogen-bond acceptors (Lipinski definition) is 2. The van der Waals surface area contributed by atoms with Crippen molar-refractivity contribution in [3.63, 3.8) is 0 Å².